The fourth-order valence-electron chi connectivity index (χ4n) is 1.42. The van der Waals surface area contributed by atoms with E-state index in [1.165, 1.54) is 0 Å². The number of hydrogen-bond donors (Lipinski definition) is 1. The van der Waals surface area contributed by atoms with E-state index in [0.717, 1.165) is 10.0 Å². The van der Waals surface area contributed by atoms with Crippen LogP contribution in [0.3, 0.4) is 0 Å². The molecule has 6 heteroatoms. The van der Waals surface area contributed by atoms with Gasteiger partial charge in [-0.15, -0.1) is 11.6 Å². The lowest BCUT2D eigenvalue weighted by molar-refractivity contribution is 0.565. The van der Waals surface area contributed by atoms with Crippen LogP contribution in [0.25, 0.3) is 0 Å². The van der Waals surface area contributed by atoms with Crippen molar-refractivity contribution in [3.8, 4) is 0 Å². The van der Waals surface area contributed by atoms with Gasteiger partial charge in [0.2, 0.25) is 10.0 Å². The molecule has 0 aliphatic rings. The number of nitrogens with one attached hydrogen (secondary N) is 1. The third-order valence-electron chi connectivity index (χ3n) is 2.25. The van der Waals surface area contributed by atoms with Crippen molar-refractivity contribution in [1.82, 2.24) is 4.72 Å². The molecular weight excluding hydrogens is 326 g/mol. The molecule has 1 aromatic rings. The van der Waals surface area contributed by atoms with Crippen LogP contribution in [-0.4, -0.2) is 20.1 Å². The van der Waals surface area contributed by atoms with Gasteiger partial charge in [-0.1, -0.05) is 28.1 Å². The molecule has 0 saturated carbocycles. The van der Waals surface area contributed by atoms with Crippen molar-refractivity contribution < 1.29 is 8.42 Å². The standard InChI is InChI=1S/C11H15BrClNO2S/c1-9(10-4-2-5-11(12)8-10)14-17(15,16)7-3-6-13/h2,4-5,8-9,14H,3,6-7H2,1H3. The lowest BCUT2D eigenvalue weighted by Crippen LogP contribution is -2.29. The monoisotopic (exact) mass is 339 g/mol. The highest BCUT2D eigenvalue weighted by molar-refractivity contribution is 9.10. The molecule has 1 unspecified atom stereocenters. The summed E-state index contributed by atoms with van der Waals surface area (Å²) >= 11 is 8.84. The molecule has 0 spiro atoms. The predicted molar refractivity (Wildman–Crippen MR) is 74.8 cm³/mol. The van der Waals surface area contributed by atoms with Crippen LogP contribution in [0.5, 0.6) is 0 Å². The maximum absolute atomic E-state index is 11.7. The van der Waals surface area contributed by atoms with Crippen molar-refractivity contribution in [2.24, 2.45) is 0 Å². The van der Waals surface area contributed by atoms with Gasteiger partial charge < -0.3 is 0 Å². The number of rotatable bonds is 6. The lowest BCUT2D eigenvalue weighted by Gasteiger charge is -2.14. The molecule has 3 nitrogen and oxygen atoms in total. The summed E-state index contributed by atoms with van der Waals surface area (Å²) in [7, 11) is -3.25. The fourth-order valence-corrected chi connectivity index (χ4v) is 3.44. The second kappa shape index (κ2) is 6.73. The SMILES string of the molecule is CC(NS(=O)(=O)CCCCl)c1cccc(Br)c1. The van der Waals surface area contributed by atoms with Gasteiger partial charge in [0, 0.05) is 16.4 Å². The largest absolute Gasteiger partial charge is 0.212 e. The van der Waals surface area contributed by atoms with Gasteiger partial charge in [-0.3, -0.25) is 0 Å². The van der Waals surface area contributed by atoms with Crippen LogP contribution in [0, 0.1) is 0 Å². The average Bonchev–Trinajstić information content (AvgIpc) is 2.26. The Balaban J connectivity index is 2.69. The molecule has 1 aromatic carbocycles. The first-order chi connectivity index (χ1) is 7.94. The van der Waals surface area contributed by atoms with E-state index in [1.54, 1.807) is 0 Å². The van der Waals surface area contributed by atoms with Crippen molar-refractivity contribution in [2.45, 2.75) is 19.4 Å². The molecule has 0 bridgehead atoms. The predicted octanol–water partition coefficient (Wildman–Crippen LogP) is 3.06. The number of alkyl halides is 1. The summed E-state index contributed by atoms with van der Waals surface area (Å²) < 4.78 is 26.9. The molecular formula is C11H15BrClNO2S. The Bertz CT molecular complexity index is 464. The molecule has 1 rings (SSSR count). The van der Waals surface area contributed by atoms with E-state index >= 15 is 0 Å². The van der Waals surface area contributed by atoms with Gasteiger partial charge >= 0.3 is 0 Å². The number of sulfonamides is 1. The van der Waals surface area contributed by atoms with Crippen molar-refractivity contribution in [1.29, 1.82) is 0 Å². The highest BCUT2D eigenvalue weighted by Gasteiger charge is 2.15. The average molecular weight is 341 g/mol. The molecule has 0 aliphatic carbocycles. The maximum Gasteiger partial charge on any atom is 0.212 e. The minimum Gasteiger partial charge on any atom is -0.212 e. The zero-order chi connectivity index (χ0) is 12.9. The van der Waals surface area contributed by atoms with Crippen molar-refractivity contribution in [3.05, 3.63) is 34.3 Å². The summed E-state index contributed by atoms with van der Waals surface area (Å²) in [6.07, 6.45) is 0.460. The van der Waals surface area contributed by atoms with E-state index in [4.69, 9.17) is 11.6 Å². The molecule has 0 amide bonds. The molecule has 1 atom stereocenters. The van der Waals surface area contributed by atoms with Crippen LogP contribution < -0.4 is 4.72 Å². The summed E-state index contributed by atoms with van der Waals surface area (Å²) in [6.45, 7) is 1.82. The Kier molecular flexibility index (Phi) is 5.92. The summed E-state index contributed by atoms with van der Waals surface area (Å²) in [5.41, 5.74) is 0.925. The maximum atomic E-state index is 11.7. The molecule has 0 radical (unpaired) electrons. The van der Waals surface area contributed by atoms with E-state index in [9.17, 15) is 8.42 Å². The third kappa shape index (κ3) is 5.38. The lowest BCUT2D eigenvalue weighted by atomic mass is 10.1. The number of hydrogen-bond acceptors (Lipinski definition) is 2. The van der Waals surface area contributed by atoms with Gasteiger partial charge in [0.25, 0.3) is 0 Å². The number of halogens is 2. The first-order valence-corrected chi connectivity index (χ1v) is 8.24. The molecule has 0 aromatic heterocycles. The molecule has 0 heterocycles. The topological polar surface area (TPSA) is 46.2 Å². The first kappa shape index (κ1) is 15.0. The van der Waals surface area contributed by atoms with Gasteiger partial charge in [0.1, 0.15) is 0 Å². The zero-order valence-corrected chi connectivity index (χ0v) is 12.6. The minimum atomic E-state index is -3.25. The van der Waals surface area contributed by atoms with E-state index in [0.29, 0.717) is 12.3 Å². The summed E-state index contributed by atoms with van der Waals surface area (Å²) in [6, 6.07) is 7.32. The summed E-state index contributed by atoms with van der Waals surface area (Å²) in [5.74, 6) is 0.418. The van der Waals surface area contributed by atoms with Gasteiger partial charge in [-0.2, -0.15) is 0 Å². The highest BCUT2D eigenvalue weighted by Crippen LogP contribution is 2.18. The van der Waals surface area contributed by atoms with Crippen LogP contribution >= 0.6 is 27.5 Å². The Morgan fingerprint density at radius 3 is 2.76 bits per heavy atom. The molecule has 1 N–H and O–H groups in total. The molecule has 0 fully saturated rings. The Labute approximate surface area is 116 Å². The van der Waals surface area contributed by atoms with Gasteiger partial charge in [-0.25, -0.2) is 13.1 Å². The Morgan fingerprint density at radius 1 is 1.47 bits per heavy atom. The molecule has 96 valence electrons. The number of benzene rings is 1. The molecule has 17 heavy (non-hydrogen) atoms. The third-order valence-corrected chi connectivity index (χ3v) is 4.55. The normalized spacial score (nSPS) is 13.6. The van der Waals surface area contributed by atoms with Crippen molar-refractivity contribution in [3.63, 3.8) is 0 Å². The van der Waals surface area contributed by atoms with Crippen LogP contribution in [-0.2, 0) is 10.0 Å². The van der Waals surface area contributed by atoms with Crippen LogP contribution in [0.4, 0.5) is 0 Å². The second-order valence-electron chi connectivity index (χ2n) is 3.76. The van der Waals surface area contributed by atoms with E-state index in [1.807, 2.05) is 31.2 Å². The summed E-state index contributed by atoms with van der Waals surface area (Å²) in [5, 5.41) is 0. The van der Waals surface area contributed by atoms with Gasteiger partial charge in [-0.05, 0) is 31.0 Å². The van der Waals surface area contributed by atoms with E-state index in [2.05, 4.69) is 20.7 Å². The zero-order valence-electron chi connectivity index (χ0n) is 9.49. The van der Waals surface area contributed by atoms with Crippen molar-refractivity contribution in [2.75, 3.05) is 11.6 Å². The van der Waals surface area contributed by atoms with Gasteiger partial charge in [0.15, 0.2) is 0 Å². The first-order valence-electron chi connectivity index (χ1n) is 5.26. The van der Waals surface area contributed by atoms with Crippen LogP contribution in [0.1, 0.15) is 24.9 Å². The highest BCUT2D eigenvalue weighted by atomic mass is 79.9. The molecule has 0 aliphatic heterocycles. The minimum absolute atomic E-state index is 0.0643. The fraction of sp³-hybridized carbons (Fsp3) is 0.455. The van der Waals surface area contributed by atoms with E-state index in [-0.39, 0.29) is 11.8 Å². The smallest absolute Gasteiger partial charge is 0.212 e. The second-order valence-corrected chi connectivity index (χ2v) is 6.92. The summed E-state index contributed by atoms with van der Waals surface area (Å²) in [4.78, 5) is 0. The van der Waals surface area contributed by atoms with Crippen LogP contribution in [0.15, 0.2) is 28.7 Å². The van der Waals surface area contributed by atoms with Crippen molar-refractivity contribution >= 4 is 37.6 Å². The van der Waals surface area contributed by atoms with Crippen LogP contribution in [0.2, 0.25) is 0 Å². The Hall–Kier alpha value is -0.100. The van der Waals surface area contributed by atoms with Gasteiger partial charge in [0.05, 0.1) is 5.75 Å². The molecule has 0 saturated heterocycles. The quantitative estimate of drug-likeness (QED) is 0.809. The Morgan fingerprint density at radius 2 is 2.18 bits per heavy atom. The van der Waals surface area contributed by atoms with E-state index < -0.39 is 10.0 Å².